The van der Waals surface area contributed by atoms with Crippen LogP contribution in [0.15, 0.2) is 0 Å². The summed E-state index contributed by atoms with van der Waals surface area (Å²) in [7, 11) is 1.36. The number of carbonyl (C=O) groups excluding carboxylic acids is 2. The summed E-state index contributed by atoms with van der Waals surface area (Å²) >= 11 is 0. The molecule has 6 heteroatoms. The van der Waals surface area contributed by atoms with E-state index in [4.69, 9.17) is 9.47 Å². The number of aliphatic hydroxyl groups is 1. The molecular weight excluding hydrogens is 274 g/mol. The predicted octanol–water partition coefficient (Wildman–Crippen LogP) is 1.56. The fourth-order valence-corrected chi connectivity index (χ4v) is 3.59. The molecule has 1 saturated heterocycles. The van der Waals surface area contributed by atoms with E-state index in [2.05, 4.69) is 0 Å². The number of amides is 1. The Morgan fingerprint density at radius 1 is 1.24 bits per heavy atom. The van der Waals surface area contributed by atoms with Crippen LogP contribution in [0, 0.1) is 10.8 Å². The molecule has 120 valence electrons. The molecule has 21 heavy (non-hydrogen) atoms. The third kappa shape index (κ3) is 3.00. The molecular formula is C15H25NO5. The molecule has 6 nitrogen and oxygen atoms in total. The van der Waals surface area contributed by atoms with Gasteiger partial charge in [-0.3, -0.25) is 4.79 Å². The molecule has 1 aliphatic heterocycles. The van der Waals surface area contributed by atoms with Gasteiger partial charge in [-0.25, -0.2) is 4.79 Å². The molecule has 0 aromatic carbocycles. The summed E-state index contributed by atoms with van der Waals surface area (Å²) in [5.41, 5.74) is -1.70. The van der Waals surface area contributed by atoms with Crippen LogP contribution in [0.3, 0.4) is 0 Å². The molecule has 1 N–H and O–H groups in total. The first kappa shape index (κ1) is 16.1. The Morgan fingerprint density at radius 3 is 2.43 bits per heavy atom. The summed E-state index contributed by atoms with van der Waals surface area (Å²) in [6.07, 6.45) is 1.50. The van der Waals surface area contributed by atoms with E-state index in [0.717, 1.165) is 6.42 Å². The van der Waals surface area contributed by atoms with Crippen LogP contribution >= 0.6 is 0 Å². The van der Waals surface area contributed by atoms with Crippen molar-refractivity contribution in [2.24, 2.45) is 10.8 Å². The molecule has 0 aromatic rings. The Balaban J connectivity index is 2.22. The van der Waals surface area contributed by atoms with Crippen LogP contribution in [0.5, 0.6) is 0 Å². The van der Waals surface area contributed by atoms with E-state index in [-0.39, 0.29) is 12.6 Å². The molecule has 2 rings (SSSR count). The van der Waals surface area contributed by atoms with Crippen molar-refractivity contribution in [3.05, 3.63) is 0 Å². The summed E-state index contributed by atoms with van der Waals surface area (Å²) in [6, 6.07) is 0. The van der Waals surface area contributed by atoms with Gasteiger partial charge in [0.15, 0.2) is 0 Å². The van der Waals surface area contributed by atoms with Crippen molar-refractivity contribution < 1.29 is 24.2 Å². The maximum atomic E-state index is 12.3. The van der Waals surface area contributed by atoms with Gasteiger partial charge in [-0.05, 0) is 40.0 Å². The monoisotopic (exact) mass is 299 g/mol. The van der Waals surface area contributed by atoms with Crippen molar-refractivity contribution in [3.8, 4) is 0 Å². The van der Waals surface area contributed by atoms with E-state index in [0.29, 0.717) is 25.9 Å². The van der Waals surface area contributed by atoms with Gasteiger partial charge in [-0.15, -0.1) is 0 Å². The molecule has 2 atom stereocenters. The zero-order chi connectivity index (χ0) is 15.9. The van der Waals surface area contributed by atoms with Gasteiger partial charge in [0.05, 0.1) is 19.1 Å². The van der Waals surface area contributed by atoms with Crippen molar-refractivity contribution in [1.82, 2.24) is 4.90 Å². The summed E-state index contributed by atoms with van der Waals surface area (Å²) < 4.78 is 10.3. The van der Waals surface area contributed by atoms with Crippen molar-refractivity contribution in [3.63, 3.8) is 0 Å². The Bertz CT molecular complexity index is 444. The summed E-state index contributed by atoms with van der Waals surface area (Å²) in [6.45, 7) is 6.11. The smallest absolute Gasteiger partial charge is 0.410 e. The number of fused-ring (bicyclic) bond motifs is 2. The first-order chi connectivity index (χ1) is 9.65. The van der Waals surface area contributed by atoms with E-state index >= 15 is 0 Å². The predicted molar refractivity (Wildman–Crippen MR) is 75.6 cm³/mol. The molecule has 0 aromatic heterocycles. The fourth-order valence-electron chi connectivity index (χ4n) is 3.59. The van der Waals surface area contributed by atoms with Gasteiger partial charge in [0, 0.05) is 18.5 Å². The number of ether oxygens (including phenoxy) is 2. The standard InChI is InChI=1S/C15H25NO5/c1-13(2,3)21-12(19)16-8-14(10-17)5-6-15(7-14,9-16)11(18)20-4/h17H,5-10H2,1-4H3. The van der Waals surface area contributed by atoms with Crippen LogP contribution in [0.25, 0.3) is 0 Å². The summed E-state index contributed by atoms with van der Waals surface area (Å²) in [4.78, 5) is 26.0. The second kappa shape index (κ2) is 5.16. The van der Waals surface area contributed by atoms with Crippen LogP contribution < -0.4 is 0 Å². The average molecular weight is 299 g/mol. The molecule has 1 heterocycles. The first-order valence-corrected chi connectivity index (χ1v) is 7.33. The number of nitrogens with zero attached hydrogens (tertiary/aromatic N) is 1. The number of esters is 1. The van der Waals surface area contributed by atoms with Crippen molar-refractivity contribution >= 4 is 12.1 Å². The zero-order valence-electron chi connectivity index (χ0n) is 13.3. The molecule has 2 aliphatic rings. The van der Waals surface area contributed by atoms with Crippen molar-refractivity contribution in [2.45, 2.75) is 45.6 Å². The topological polar surface area (TPSA) is 76.1 Å². The molecule has 2 unspecified atom stereocenters. The minimum atomic E-state index is -0.702. The van der Waals surface area contributed by atoms with Gasteiger partial charge in [-0.1, -0.05) is 0 Å². The van der Waals surface area contributed by atoms with Gasteiger partial charge < -0.3 is 19.5 Å². The van der Waals surface area contributed by atoms with Gasteiger partial charge in [0.1, 0.15) is 5.60 Å². The third-order valence-electron chi connectivity index (χ3n) is 4.47. The van der Waals surface area contributed by atoms with Gasteiger partial charge in [0.2, 0.25) is 0 Å². The third-order valence-corrected chi connectivity index (χ3v) is 4.47. The van der Waals surface area contributed by atoms with Crippen LogP contribution in [-0.4, -0.2) is 54.5 Å². The number of methoxy groups -OCH3 is 1. The molecule has 1 amide bonds. The highest BCUT2D eigenvalue weighted by Crippen LogP contribution is 2.54. The Kier molecular flexibility index (Phi) is 3.95. The van der Waals surface area contributed by atoms with E-state index in [1.54, 1.807) is 25.7 Å². The molecule has 1 saturated carbocycles. The zero-order valence-corrected chi connectivity index (χ0v) is 13.3. The summed E-state index contributed by atoms with van der Waals surface area (Å²) in [5, 5.41) is 9.74. The Morgan fingerprint density at radius 2 is 1.90 bits per heavy atom. The number of likely N-dealkylation sites (tertiary alicyclic amines) is 1. The van der Waals surface area contributed by atoms with E-state index in [1.807, 2.05) is 0 Å². The van der Waals surface area contributed by atoms with E-state index in [1.165, 1.54) is 7.11 Å². The Hall–Kier alpha value is -1.30. The van der Waals surface area contributed by atoms with Crippen molar-refractivity contribution in [1.29, 1.82) is 0 Å². The molecule has 0 spiro atoms. The van der Waals surface area contributed by atoms with Gasteiger partial charge in [0.25, 0.3) is 0 Å². The molecule has 2 bridgehead atoms. The highest BCUT2D eigenvalue weighted by Gasteiger charge is 2.59. The first-order valence-electron chi connectivity index (χ1n) is 7.33. The van der Waals surface area contributed by atoms with Crippen molar-refractivity contribution in [2.75, 3.05) is 26.8 Å². The maximum Gasteiger partial charge on any atom is 0.410 e. The van der Waals surface area contributed by atoms with E-state index in [9.17, 15) is 14.7 Å². The summed E-state index contributed by atoms with van der Waals surface area (Å²) in [5.74, 6) is -0.300. The number of rotatable bonds is 2. The number of aliphatic hydroxyl groups excluding tert-OH is 1. The SMILES string of the molecule is COC(=O)C12CCC(CO)(CN(C(=O)OC(C)(C)C)C1)C2. The highest BCUT2D eigenvalue weighted by atomic mass is 16.6. The maximum absolute atomic E-state index is 12.3. The average Bonchev–Trinajstić information content (AvgIpc) is 2.69. The van der Waals surface area contributed by atoms with Crippen LogP contribution in [0.2, 0.25) is 0 Å². The number of piperidine rings is 1. The highest BCUT2D eigenvalue weighted by molar-refractivity contribution is 5.79. The minimum Gasteiger partial charge on any atom is -0.469 e. The van der Waals surface area contributed by atoms with Crippen LogP contribution in [0.4, 0.5) is 4.79 Å². The number of hydrogen-bond donors (Lipinski definition) is 1. The minimum absolute atomic E-state index is 0.0367. The fraction of sp³-hybridized carbons (Fsp3) is 0.867. The lowest BCUT2D eigenvalue weighted by Gasteiger charge is -2.43. The second-order valence-corrected chi connectivity index (χ2v) is 7.44. The lowest BCUT2D eigenvalue weighted by Crippen LogP contribution is -2.54. The van der Waals surface area contributed by atoms with Gasteiger partial charge >= 0.3 is 12.1 Å². The molecule has 2 fully saturated rings. The van der Waals surface area contributed by atoms with E-state index < -0.39 is 22.5 Å². The second-order valence-electron chi connectivity index (χ2n) is 7.44. The van der Waals surface area contributed by atoms with Gasteiger partial charge in [-0.2, -0.15) is 0 Å². The van der Waals surface area contributed by atoms with Crippen LogP contribution in [0.1, 0.15) is 40.0 Å². The quantitative estimate of drug-likeness (QED) is 0.783. The van der Waals surface area contributed by atoms with Crippen LogP contribution in [-0.2, 0) is 14.3 Å². The number of carbonyl (C=O) groups is 2. The largest absolute Gasteiger partial charge is 0.469 e. The lowest BCUT2D eigenvalue weighted by atomic mass is 9.75. The molecule has 1 aliphatic carbocycles. The number of hydrogen-bond acceptors (Lipinski definition) is 5. The Labute approximate surface area is 125 Å². The molecule has 0 radical (unpaired) electrons. The lowest BCUT2D eigenvalue weighted by molar-refractivity contribution is -0.156. The normalized spacial score (nSPS) is 32.0.